The van der Waals surface area contributed by atoms with Crippen molar-refractivity contribution in [3.63, 3.8) is 0 Å². The average molecular weight is 332 g/mol. The Hall–Kier alpha value is -2.24. The number of piperazine rings is 1. The molecule has 6 nitrogen and oxygen atoms in total. The molecule has 0 saturated carbocycles. The van der Waals surface area contributed by atoms with Gasteiger partial charge in [-0.15, -0.1) is 0 Å². The summed E-state index contributed by atoms with van der Waals surface area (Å²) < 4.78 is 0. The Morgan fingerprint density at radius 3 is 2.25 bits per heavy atom. The number of carbonyl (C=O) groups excluding carboxylic acids is 2. The van der Waals surface area contributed by atoms with Gasteiger partial charge in [0, 0.05) is 51.0 Å². The van der Waals surface area contributed by atoms with Gasteiger partial charge in [0.05, 0.1) is 0 Å². The van der Waals surface area contributed by atoms with Crippen LogP contribution in [-0.4, -0.2) is 49.6 Å². The lowest BCUT2D eigenvalue weighted by Crippen LogP contribution is -2.52. The predicted octanol–water partition coefficient (Wildman–Crippen LogP) is 2.52. The van der Waals surface area contributed by atoms with Gasteiger partial charge in [-0.1, -0.05) is 13.8 Å². The van der Waals surface area contributed by atoms with E-state index in [1.54, 1.807) is 0 Å². The van der Waals surface area contributed by atoms with Gasteiger partial charge in [0.1, 0.15) is 0 Å². The van der Waals surface area contributed by atoms with Crippen molar-refractivity contribution in [3.05, 3.63) is 24.3 Å². The molecule has 6 heteroatoms. The van der Waals surface area contributed by atoms with Crippen LogP contribution in [0.2, 0.25) is 0 Å². The second kappa shape index (κ2) is 8.57. The van der Waals surface area contributed by atoms with E-state index in [0.29, 0.717) is 5.92 Å². The molecule has 1 aromatic carbocycles. The summed E-state index contributed by atoms with van der Waals surface area (Å²) in [6.07, 6.45) is 1.01. The van der Waals surface area contributed by atoms with Crippen LogP contribution in [-0.2, 0) is 4.79 Å². The van der Waals surface area contributed by atoms with Gasteiger partial charge in [-0.3, -0.25) is 4.79 Å². The summed E-state index contributed by atoms with van der Waals surface area (Å²) >= 11 is 0. The SMILES string of the molecule is CC(=O)Nc1ccc(N2CCN(C(=O)NCCC(C)C)CC2)cc1. The van der Waals surface area contributed by atoms with E-state index in [1.807, 2.05) is 29.2 Å². The highest BCUT2D eigenvalue weighted by Gasteiger charge is 2.21. The van der Waals surface area contributed by atoms with Gasteiger partial charge in [-0.25, -0.2) is 4.79 Å². The maximum Gasteiger partial charge on any atom is 0.317 e. The van der Waals surface area contributed by atoms with Crippen LogP contribution in [0, 0.1) is 5.92 Å². The number of hydrogen-bond donors (Lipinski definition) is 2. The number of anilines is 2. The van der Waals surface area contributed by atoms with Crippen LogP contribution in [0.4, 0.5) is 16.2 Å². The number of urea groups is 1. The third kappa shape index (κ3) is 5.44. The summed E-state index contributed by atoms with van der Waals surface area (Å²) in [7, 11) is 0. The fraction of sp³-hybridized carbons (Fsp3) is 0.556. The van der Waals surface area contributed by atoms with E-state index in [-0.39, 0.29) is 11.9 Å². The second-order valence-corrected chi connectivity index (χ2v) is 6.62. The first kappa shape index (κ1) is 18.1. The first-order chi connectivity index (χ1) is 11.5. The molecule has 1 aliphatic rings. The Balaban J connectivity index is 1.79. The Labute approximate surface area is 144 Å². The van der Waals surface area contributed by atoms with Gasteiger partial charge >= 0.3 is 6.03 Å². The van der Waals surface area contributed by atoms with Crippen LogP contribution in [0.25, 0.3) is 0 Å². The largest absolute Gasteiger partial charge is 0.368 e. The summed E-state index contributed by atoms with van der Waals surface area (Å²) in [4.78, 5) is 27.3. The zero-order valence-electron chi connectivity index (χ0n) is 14.8. The zero-order valence-corrected chi connectivity index (χ0v) is 14.8. The molecule has 1 fully saturated rings. The van der Waals surface area contributed by atoms with Gasteiger partial charge in [0.25, 0.3) is 0 Å². The fourth-order valence-corrected chi connectivity index (χ4v) is 2.71. The van der Waals surface area contributed by atoms with Crippen LogP contribution in [0.1, 0.15) is 27.2 Å². The third-order valence-corrected chi connectivity index (χ3v) is 4.12. The van der Waals surface area contributed by atoms with Crippen molar-refractivity contribution in [2.75, 3.05) is 42.9 Å². The van der Waals surface area contributed by atoms with E-state index < -0.39 is 0 Å². The molecule has 0 spiro atoms. The van der Waals surface area contributed by atoms with Crippen molar-refractivity contribution in [1.29, 1.82) is 0 Å². The van der Waals surface area contributed by atoms with E-state index in [1.165, 1.54) is 6.92 Å². The molecule has 0 atom stereocenters. The van der Waals surface area contributed by atoms with Crippen molar-refractivity contribution in [1.82, 2.24) is 10.2 Å². The monoisotopic (exact) mass is 332 g/mol. The van der Waals surface area contributed by atoms with Crippen LogP contribution in [0.5, 0.6) is 0 Å². The average Bonchev–Trinajstić information content (AvgIpc) is 2.55. The summed E-state index contributed by atoms with van der Waals surface area (Å²) in [5, 5.41) is 5.76. The fourth-order valence-electron chi connectivity index (χ4n) is 2.71. The molecule has 0 radical (unpaired) electrons. The van der Waals surface area contributed by atoms with Crippen LogP contribution >= 0.6 is 0 Å². The van der Waals surface area contributed by atoms with Crippen molar-refractivity contribution in [2.24, 2.45) is 5.92 Å². The van der Waals surface area contributed by atoms with Crippen molar-refractivity contribution < 1.29 is 9.59 Å². The standard InChI is InChI=1S/C18H28N4O2/c1-14(2)8-9-19-18(24)22-12-10-21(11-13-22)17-6-4-16(5-7-17)20-15(3)23/h4-7,14H,8-13H2,1-3H3,(H,19,24)(H,20,23). The lowest BCUT2D eigenvalue weighted by Gasteiger charge is -2.36. The lowest BCUT2D eigenvalue weighted by atomic mass is 10.1. The van der Waals surface area contributed by atoms with Gasteiger partial charge in [0.15, 0.2) is 0 Å². The first-order valence-corrected chi connectivity index (χ1v) is 8.61. The number of benzene rings is 1. The van der Waals surface area contributed by atoms with Crippen LogP contribution in [0.3, 0.4) is 0 Å². The molecule has 0 unspecified atom stereocenters. The first-order valence-electron chi connectivity index (χ1n) is 8.61. The molecule has 1 aliphatic heterocycles. The van der Waals surface area contributed by atoms with Crippen LogP contribution in [0.15, 0.2) is 24.3 Å². The van der Waals surface area contributed by atoms with E-state index in [2.05, 4.69) is 29.4 Å². The number of hydrogen-bond acceptors (Lipinski definition) is 3. The molecule has 2 N–H and O–H groups in total. The summed E-state index contributed by atoms with van der Waals surface area (Å²) in [6.45, 7) is 9.63. The summed E-state index contributed by atoms with van der Waals surface area (Å²) in [6, 6.07) is 7.85. The Morgan fingerprint density at radius 2 is 1.71 bits per heavy atom. The molecule has 0 aliphatic carbocycles. The minimum atomic E-state index is -0.0696. The maximum absolute atomic E-state index is 12.1. The minimum Gasteiger partial charge on any atom is -0.368 e. The molecule has 1 saturated heterocycles. The van der Waals surface area contributed by atoms with Crippen molar-refractivity contribution in [2.45, 2.75) is 27.2 Å². The van der Waals surface area contributed by atoms with Gasteiger partial charge < -0.3 is 20.4 Å². The van der Waals surface area contributed by atoms with Gasteiger partial charge in [0.2, 0.25) is 5.91 Å². The highest BCUT2D eigenvalue weighted by molar-refractivity contribution is 5.88. The third-order valence-electron chi connectivity index (χ3n) is 4.12. The quantitative estimate of drug-likeness (QED) is 0.871. The normalized spacial score (nSPS) is 14.7. The molecule has 1 heterocycles. The van der Waals surface area contributed by atoms with Gasteiger partial charge in [-0.2, -0.15) is 0 Å². The highest BCUT2D eigenvalue weighted by Crippen LogP contribution is 2.19. The van der Waals surface area contributed by atoms with E-state index in [9.17, 15) is 9.59 Å². The summed E-state index contributed by atoms with van der Waals surface area (Å²) in [5.74, 6) is 0.530. The highest BCUT2D eigenvalue weighted by atomic mass is 16.2. The zero-order chi connectivity index (χ0) is 17.5. The molecule has 1 aromatic rings. The Kier molecular flexibility index (Phi) is 6.46. The molecule has 2 rings (SSSR count). The molecular weight excluding hydrogens is 304 g/mol. The van der Waals surface area contributed by atoms with Gasteiger partial charge in [-0.05, 0) is 36.6 Å². The smallest absolute Gasteiger partial charge is 0.317 e. The molecule has 3 amide bonds. The maximum atomic E-state index is 12.1. The van der Waals surface area contributed by atoms with Crippen LogP contribution < -0.4 is 15.5 Å². The van der Waals surface area contributed by atoms with E-state index in [0.717, 1.165) is 50.5 Å². The Bertz CT molecular complexity index is 549. The van der Waals surface area contributed by atoms with E-state index >= 15 is 0 Å². The number of carbonyl (C=O) groups is 2. The molecule has 132 valence electrons. The molecule has 24 heavy (non-hydrogen) atoms. The van der Waals surface area contributed by atoms with E-state index in [4.69, 9.17) is 0 Å². The number of nitrogens with zero attached hydrogens (tertiary/aromatic N) is 2. The minimum absolute atomic E-state index is 0.0382. The molecule has 0 bridgehead atoms. The summed E-state index contributed by atoms with van der Waals surface area (Å²) in [5.41, 5.74) is 1.92. The molecular formula is C18H28N4O2. The number of amides is 3. The number of rotatable bonds is 5. The molecule has 0 aromatic heterocycles. The topological polar surface area (TPSA) is 64.7 Å². The second-order valence-electron chi connectivity index (χ2n) is 6.62. The lowest BCUT2D eigenvalue weighted by molar-refractivity contribution is -0.114. The van der Waals surface area contributed by atoms with Crippen molar-refractivity contribution >= 4 is 23.3 Å². The predicted molar refractivity (Wildman–Crippen MR) is 97.4 cm³/mol. The number of nitrogens with one attached hydrogen (secondary N) is 2. The Morgan fingerprint density at radius 1 is 1.08 bits per heavy atom. The van der Waals surface area contributed by atoms with Crippen molar-refractivity contribution in [3.8, 4) is 0 Å².